The second-order valence-electron chi connectivity index (χ2n) is 6.78. The molecule has 0 spiro atoms. The van der Waals surface area contributed by atoms with E-state index in [4.69, 9.17) is 10.5 Å². The Morgan fingerprint density at radius 3 is 2.65 bits per heavy atom. The molecule has 3 rings (SSSR count). The van der Waals surface area contributed by atoms with Gasteiger partial charge in [-0.15, -0.1) is 11.3 Å². The maximum absolute atomic E-state index is 12.4. The number of hydrogen-bond acceptors (Lipinski definition) is 5. The molecule has 1 aliphatic heterocycles. The van der Waals surface area contributed by atoms with Gasteiger partial charge in [0.05, 0.1) is 25.8 Å². The highest BCUT2D eigenvalue weighted by Crippen LogP contribution is 2.38. The van der Waals surface area contributed by atoms with E-state index in [0.29, 0.717) is 36.9 Å². The number of rotatable bonds is 6. The molecule has 0 aromatic carbocycles. The van der Waals surface area contributed by atoms with Crippen LogP contribution < -0.4 is 16.0 Å². The van der Waals surface area contributed by atoms with E-state index >= 15 is 0 Å². The molecule has 1 fully saturated rings. The number of nitrogens with two attached hydrogens (primary N) is 1. The molecule has 26 heavy (non-hydrogen) atoms. The summed E-state index contributed by atoms with van der Waals surface area (Å²) in [7, 11) is 1.81. The Bertz CT molecular complexity index is 712. The zero-order chi connectivity index (χ0) is 18.7. The molecule has 1 aromatic heterocycles. The second-order valence-corrected chi connectivity index (χ2v) is 7.88. The number of primary amides is 1. The Morgan fingerprint density at radius 2 is 1.96 bits per heavy atom. The molecular weight excluding hydrogens is 356 g/mol. The quantitative estimate of drug-likeness (QED) is 0.566. The normalized spacial score (nSPS) is 17.7. The number of amides is 3. The lowest BCUT2D eigenvalue weighted by Crippen LogP contribution is -3.11. The van der Waals surface area contributed by atoms with Crippen LogP contribution in [0.25, 0.3) is 0 Å². The lowest BCUT2D eigenvalue weighted by Gasteiger charge is -2.27. The van der Waals surface area contributed by atoms with Crippen molar-refractivity contribution >= 4 is 34.1 Å². The molecule has 0 bridgehead atoms. The SMILES string of the molecule is C[NH+](CC(=O)Nc1sc2c(c1C(N)=O)CCC2)CC(=O)N1CCOCC1. The number of thiophene rings is 1. The average molecular weight is 381 g/mol. The minimum absolute atomic E-state index is 0.0199. The number of nitrogens with one attached hydrogen (secondary N) is 2. The van der Waals surface area contributed by atoms with Gasteiger partial charge >= 0.3 is 0 Å². The van der Waals surface area contributed by atoms with Crippen LogP contribution in [-0.4, -0.2) is 69.1 Å². The van der Waals surface area contributed by atoms with E-state index in [1.54, 1.807) is 11.9 Å². The first-order chi connectivity index (χ1) is 12.5. The molecule has 8 nitrogen and oxygen atoms in total. The fourth-order valence-corrected chi connectivity index (χ4v) is 4.75. The third kappa shape index (κ3) is 4.22. The molecule has 142 valence electrons. The summed E-state index contributed by atoms with van der Waals surface area (Å²) in [5, 5.41) is 3.36. The summed E-state index contributed by atoms with van der Waals surface area (Å²) < 4.78 is 5.24. The van der Waals surface area contributed by atoms with Gasteiger partial charge in [0.1, 0.15) is 5.00 Å². The van der Waals surface area contributed by atoms with E-state index in [0.717, 1.165) is 34.6 Å². The molecule has 0 saturated carbocycles. The van der Waals surface area contributed by atoms with Crippen molar-refractivity contribution in [3.8, 4) is 0 Å². The number of hydrogen-bond donors (Lipinski definition) is 3. The molecule has 1 aromatic rings. The highest BCUT2D eigenvalue weighted by molar-refractivity contribution is 7.17. The van der Waals surface area contributed by atoms with Gasteiger partial charge in [-0.25, -0.2) is 0 Å². The molecule has 4 N–H and O–H groups in total. The summed E-state index contributed by atoms with van der Waals surface area (Å²) in [6, 6.07) is 0. The van der Waals surface area contributed by atoms with Gasteiger partial charge in [0.25, 0.3) is 17.7 Å². The van der Waals surface area contributed by atoms with E-state index in [9.17, 15) is 14.4 Å². The third-order valence-electron chi connectivity index (χ3n) is 4.70. The van der Waals surface area contributed by atoms with Crippen molar-refractivity contribution in [2.24, 2.45) is 5.73 Å². The molecule has 1 unspecified atom stereocenters. The number of carbonyl (C=O) groups is 3. The Hall–Kier alpha value is -1.97. The lowest BCUT2D eigenvalue weighted by molar-refractivity contribution is -0.862. The summed E-state index contributed by atoms with van der Waals surface area (Å²) >= 11 is 1.44. The second kappa shape index (κ2) is 8.15. The minimum Gasteiger partial charge on any atom is -0.378 e. The molecule has 2 heterocycles. The van der Waals surface area contributed by atoms with Crippen LogP contribution >= 0.6 is 11.3 Å². The molecule has 0 radical (unpaired) electrons. The fraction of sp³-hybridized carbons (Fsp3) is 0.588. The van der Waals surface area contributed by atoms with Gasteiger partial charge in [-0.3, -0.25) is 14.4 Å². The van der Waals surface area contributed by atoms with Gasteiger partial charge < -0.3 is 25.6 Å². The predicted octanol–water partition coefficient (Wildman–Crippen LogP) is -1.35. The van der Waals surface area contributed by atoms with Crippen LogP contribution in [0, 0.1) is 0 Å². The number of anilines is 1. The average Bonchev–Trinajstić information content (AvgIpc) is 3.15. The number of aryl methyl sites for hydroxylation is 1. The molecule has 3 amide bonds. The number of quaternary nitrogens is 1. The van der Waals surface area contributed by atoms with E-state index in [1.165, 1.54) is 11.3 Å². The van der Waals surface area contributed by atoms with Crippen molar-refractivity contribution in [1.29, 1.82) is 0 Å². The Kier molecular flexibility index (Phi) is 5.90. The van der Waals surface area contributed by atoms with Crippen molar-refractivity contribution in [3.63, 3.8) is 0 Å². The Labute approximate surface area is 156 Å². The summed E-state index contributed by atoms with van der Waals surface area (Å²) in [5.41, 5.74) is 6.95. The van der Waals surface area contributed by atoms with Crippen molar-refractivity contribution in [3.05, 3.63) is 16.0 Å². The molecular formula is C17H25N4O4S+. The zero-order valence-electron chi connectivity index (χ0n) is 14.9. The molecule has 2 aliphatic rings. The summed E-state index contributed by atoms with van der Waals surface area (Å²) in [5.74, 6) is -0.700. The van der Waals surface area contributed by atoms with Crippen LogP contribution in [0.2, 0.25) is 0 Å². The first kappa shape index (κ1) is 18.8. The Morgan fingerprint density at radius 1 is 1.23 bits per heavy atom. The van der Waals surface area contributed by atoms with Crippen LogP contribution in [0.15, 0.2) is 0 Å². The first-order valence-corrected chi connectivity index (χ1v) is 9.68. The maximum Gasteiger partial charge on any atom is 0.280 e. The smallest absolute Gasteiger partial charge is 0.280 e. The first-order valence-electron chi connectivity index (χ1n) is 8.86. The van der Waals surface area contributed by atoms with Gasteiger partial charge in [-0.1, -0.05) is 0 Å². The largest absolute Gasteiger partial charge is 0.378 e. The highest BCUT2D eigenvalue weighted by Gasteiger charge is 2.27. The summed E-state index contributed by atoms with van der Waals surface area (Å²) in [4.78, 5) is 40.1. The van der Waals surface area contributed by atoms with Crippen LogP contribution in [0.3, 0.4) is 0 Å². The number of carbonyl (C=O) groups excluding carboxylic acids is 3. The maximum atomic E-state index is 12.4. The van der Waals surface area contributed by atoms with Crippen molar-refractivity contribution in [2.45, 2.75) is 19.3 Å². The molecule has 9 heteroatoms. The molecule has 1 aliphatic carbocycles. The standard InChI is InChI=1S/C17H24N4O4S/c1-20(10-14(23)21-5-7-25-8-6-21)9-13(22)19-17-15(16(18)24)11-3-2-4-12(11)26-17/h2-10H2,1H3,(H2,18,24)(H,19,22)/p+1. The number of fused-ring (bicyclic) bond motifs is 1. The monoisotopic (exact) mass is 381 g/mol. The van der Waals surface area contributed by atoms with Gasteiger partial charge in [0, 0.05) is 18.0 Å². The number of nitrogens with zero attached hydrogens (tertiary/aromatic N) is 1. The van der Waals surface area contributed by atoms with Gasteiger partial charge in [0.2, 0.25) is 0 Å². The van der Waals surface area contributed by atoms with Crippen molar-refractivity contribution in [2.75, 3.05) is 51.8 Å². The third-order valence-corrected chi connectivity index (χ3v) is 5.91. The van der Waals surface area contributed by atoms with E-state index in [2.05, 4.69) is 5.32 Å². The Balaban J connectivity index is 1.55. The summed E-state index contributed by atoms with van der Waals surface area (Å²) in [6.45, 7) is 2.71. The van der Waals surface area contributed by atoms with Crippen LogP contribution in [0.1, 0.15) is 27.2 Å². The molecule has 1 saturated heterocycles. The predicted molar refractivity (Wildman–Crippen MR) is 97.5 cm³/mol. The van der Waals surface area contributed by atoms with Crippen LogP contribution in [0.4, 0.5) is 5.00 Å². The zero-order valence-corrected chi connectivity index (χ0v) is 15.7. The van der Waals surface area contributed by atoms with E-state index in [-0.39, 0.29) is 24.9 Å². The van der Waals surface area contributed by atoms with Gasteiger partial charge in [0.15, 0.2) is 13.1 Å². The lowest BCUT2D eigenvalue weighted by atomic mass is 10.1. The number of morpholine rings is 1. The number of ether oxygens (including phenoxy) is 1. The topological polar surface area (TPSA) is 106 Å². The number of likely N-dealkylation sites (N-methyl/N-ethyl adjacent to an activating group) is 1. The van der Waals surface area contributed by atoms with Crippen molar-refractivity contribution in [1.82, 2.24) is 4.90 Å². The summed E-state index contributed by atoms with van der Waals surface area (Å²) in [6.07, 6.45) is 2.78. The van der Waals surface area contributed by atoms with E-state index in [1.807, 2.05) is 0 Å². The van der Waals surface area contributed by atoms with Gasteiger partial charge in [-0.05, 0) is 24.8 Å². The van der Waals surface area contributed by atoms with E-state index < -0.39 is 5.91 Å². The van der Waals surface area contributed by atoms with Crippen LogP contribution in [-0.2, 0) is 27.2 Å². The van der Waals surface area contributed by atoms with Crippen molar-refractivity contribution < 1.29 is 24.0 Å². The minimum atomic E-state index is -0.497. The molecule has 1 atom stereocenters. The fourth-order valence-electron chi connectivity index (χ4n) is 3.44. The van der Waals surface area contributed by atoms with Crippen LogP contribution in [0.5, 0.6) is 0 Å². The highest BCUT2D eigenvalue weighted by atomic mass is 32.1. The van der Waals surface area contributed by atoms with Gasteiger partial charge in [-0.2, -0.15) is 0 Å².